The van der Waals surface area contributed by atoms with Gasteiger partial charge in [-0.05, 0) is 5.56 Å². The predicted molar refractivity (Wildman–Crippen MR) is 96.7 cm³/mol. The van der Waals surface area contributed by atoms with Crippen LogP contribution in [-0.4, -0.2) is 26.3 Å². The molecule has 0 atom stereocenters. The number of aromatic nitrogens is 1. The highest BCUT2D eigenvalue weighted by molar-refractivity contribution is 7.11. The van der Waals surface area contributed by atoms with Gasteiger partial charge in [0, 0.05) is 24.2 Å². The van der Waals surface area contributed by atoms with Crippen LogP contribution < -0.4 is 10.5 Å². The third-order valence-electron chi connectivity index (χ3n) is 3.84. The molecule has 1 aliphatic heterocycles. The Bertz CT molecular complexity index is 631. The summed E-state index contributed by atoms with van der Waals surface area (Å²) in [5, 5.41) is 5.90. The zero-order valence-corrected chi connectivity index (χ0v) is 15.8. The van der Waals surface area contributed by atoms with Crippen molar-refractivity contribution in [3.63, 3.8) is 0 Å². The van der Waals surface area contributed by atoms with Crippen molar-refractivity contribution in [3.8, 4) is 0 Å². The van der Waals surface area contributed by atoms with E-state index in [1.807, 2.05) is 6.20 Å². The number of thiazole rings is 1. The molecule has 1 aliphatic rings. The highest BCUT2D eigenvalue weighted by Crippen LogP contribution is 2.27. The van der Waals surface area contributed by atoms with Crippen LogP contribution in [0.4, 0.5) is 0 Å². The molecule has 124 valence electrons. The zero-order valence-electron chi connectivity index (χ0n) is 14.0. The van der Waals surface area contributed by atoms with E-state index in [0.717, 1.165) is 18.1 Å². The summed E-state index contributed by atoms with van der Waals surface area (Å²) in [7, 11) is -1.20. The molecule has 0 amide bonds. The fraction of sp³-hybridized carbons (Fsp3) is 0.471. The molecule has 0 aliphatic carbocycles. The molecule has 0 unspecified atom stereocenters. The van der Waals surface area contributed by atoms with Gasteiger partial charge < -0.3 is 14.8 Å². The van der Waals surface area contributed by atoms with E-state index >= 15 is 0 Å². The van der Waals surface area contributed by atoms with E-state index in [1.165, 1.54) is 15.6 Å². The van der Waals surface area contributed by atoms with Gasteiger partial charge in [0.2, 0.25) is 6.29 Å². The van der Waals surface area contributed by atoms with Crippen molar-refractivity contribution in [2.45, 2.75) is 39.0 Å². The fourth-order valence-electron chi connectivity index (χ4n) is 2.47. The topological polar surface area (TPSA) is 43.4 Å². The molecule has 23 heavy (non-hydrogen) atoms. The second-order valence-corrected chi connectivity index (χ2v) is 13.0. The normalized spacial score (nSPS) is 16.1. The van der Waals surface area contributed by atoms with E-state index in [1.54, 1.807) is 11.3 Å². The molecule has 0 radical (unpaired) electrons. The average molecular weight is 349 g/mol. The Balaban J connectivity index is 1.49. The first-order chi connectivity index (χ1) is 11.0. The third kappa shape index (κ3) is 4.48. The maximum atomic E-state index is 5.47. The van der Waals surface area contributed by atoms with E-state index in [0.29, 0.717) is 13.2 Å². The van der Waals surface area contributed by atoms with Gasteiger partial charge in [0.25, 0.3) is 0 Å². The summed E-state index contributed by atoms with van der Waals surface area (Å²) in [4.78, 5) is 5.60. The Kier molecular flexibility index (Phi) is 5.28. The summed E-state index contributed by atoms with van der Waals surface area (Å²) in [6.45, 7) is 10.1. The number of hydrogen-bond acceptors (Lipinski definition) is 5. The molecule has 0 spiro atoms. The predicted octanol–water partition coefficient (Wildman–Crippen LogP) is 3.02. The van der Waals surface area contributed by atoms with Gasteiger partial charge in [-0.15, -0.1) is 11.3 Å². The second kappa shape index (κ2) is 7.23. The van der Waals surface area contributed by atoms with Crippen LogP contribution in [0.15, 0.2) is 30.5 Å². The minimum atomic E-state index is -1.20. The molecule has 1 saturated heterocycles. The molecule has 1 aromatic heterocycles. The van der Waals surface area contributed by atoms with Crippen LogP contribution in [-0.2, 0) is 22.6 Å². The highest BCUT2D eigenvalue weighted by Gasteiger charge is 2.21. The number of nitrogens with one attached hydrogen (secondary N) is 1. The minimum absolute atomic E-state index is 0.261. The Morgan fingerprint density at radius 1 is 1.13 bits per heavy atom. The van der Waals surface area contributed by atoms with Gasteiger partial charge in [0.15, 0.2) is 0 Å². The van der Waals surface area contributed by atoms with Crippen molar-refractivity contribution in [2.75, 3.05) is 13.2 Å². The summed E-state index contributed by atoms with van der Waals surface area (Å²) in [5.74, 6) is 0. The van der Waals surface area contributed by atoms with E-state index in [-0.39, 0.29) is 6.29 Å². The number of ether oxygens (including phenoxy) is 2. The van der Waals surface area contributed by atoms with Gasteiger partial charge in [-0.3, -0.25) is 0 Å². The molecule has 4 nitrogen and oxygen atoms in total. The van der Waals surface area contributed by atoms with Crippen molar-refractivity contribution < 1.29 is 9.47 Å². The van der Waals surface area contributed by atoms with Crippen LogP contribution in [0.5, 0.6) is 0 Å². The lowest BCUT2D eigenvalue weighted by atomic mass is 10.2. The van der Waals surface area contributed by atoms with Crippen molar-refractivity contribution >= 4 is 24.6 Å². The van der Waals surface area contributed by atoms with Crippen LogP contribution in [0.3, 0.4) is 0 Å². The summed E-state index contributed by atoms with van der Waals surface area (Å²) >= 11 is 1.65. The minimum Gasteiger partial charge on any atom is -0.344 e. The standard InChI is InChI=1S/C17H24N2O2SSi/c1-23(2,3)15-6-4-13(5-7-15)10-18-11-14-12-19-16(22-14)17-20-8-9-21-17/h4-7,12,17-18H,8-11H2,1-3H3. The maximum Gasteiger partial charge on any atom is 0.211 e. The average Bonchev–Trinajstić information content (AvgIpc) is 3.18. The maximum absolute atomic E-state index is 5.47. The molecule has 6 heteroatoms. The zero-order chi connectivity index (χ0) is 16.3. The molecule has 0 bridgehead atoms. The largest absolute Gasteiger partial charge is 0.344 e. The van der Waals surface area contributed by atoms with Crippen LogP contribution in [0.1, 0.15) is 21.7 Å². The van der Waals surface area contributed by atoms with E-state index in [2.05, 4.69) is 54.2 Å². The lowest BCUT2D eigenvalue weighted by molar-refractivity contribution is -0.0442. The van der Waals surface area contributed by atoms with Crippen LogP contribution >= 0.6 is 11.3 Å². The van der Waals surface area contributed by atoms with Crippen molar-refractivity contribution in [3.05, 3.63) is 45.9 Å². The van der Waals surface area contributed by atoms with Crippen molar-refractivity contribution in [1.29, 1.82) is 0 Å². The summed E-state index contributed by atoms with van der Waals surface area (Å²) in [5.41, 5.74) is 1.32. The number of hydrogen-bond donors (Lipinski definition) is 1. The van der Waals surface area contributed by atoms with E-state index in [4.69, 9.17) is 9.47 Å². The smallest absolute Gasteiger partial charge is 0.211 e. The SMILES string of the molecule is C[Si](C)(C)c1ccc(CNCc2cnc(C3OCCO3)s2)cc1. The Morgan fingerprint density at radius 3 is 2.48 bits per heavy atom. The van der Waals surface area contributed by atoms with E-state index < -0.39 is 8.07 Å². The molecule has 1 N–H and O–H groups in total. The number of rotatable bonds is 6. The summed E-state index contributed by atoms with van der Waals surface area (Å²) in [6, 6.07) is 9.03. The van der Waals surface area contributed by atoms with Gasteiger partial charge in [-0.2, -0.15) is 0 Å². The fourth-order valence-corrected chi connectivity index (χ4v) is 4.52. The van der Waals surface area contributed by atoms with E-state index in [9.17, 15) is 0 Å². The molecule has 3 rings (SSSR count). The first-order valence-corrected chi connectivity index (χ1v) is 12.3. The van der Waals surface area contributed by atoms with Crippen LogP contribution in [0, 0.1) is 0 Å². The third-order valence-corrected chi connectivity index (χ3v) is 6.93. The number of benzene rings is 1. The quantitative estimate of drug-likeness (QED) is 0.815. The monoisotopic (exact) mass is 348 g/mol. The van der Waals surface area contributed by atoms with Gasteiger partial charge in [0.05, 0.1) is 21.3 Å². The van der Waals surface area contributed by atoms with Crippen LogP contribution in [0.25, 0.3) is 0 Å². The first-order valence-electron chi connectivity index (χ1n) is 8.00. The lowest BCUT2D eigenvalue weighted by Crippen LogP contribution is -2.37. The Morgan fingerprint density at radius 2 is 1.83 bits per heavy atom. The molecule has 2 heterocycles. The lowest BCUT2D eigenvalue weighted by Gasteiger charge is -2.16. The molecule has 0 saturated carbocycles. The Hall–Kier alpha value is -1.05. The first kappa shape index (κ1) is 16.8. The second-order valence-electron chi connectivity index (χ2n) is 6.79. The van der Waals surface area contributed by atoms with Gasteiger partial charge in [-0.25, -0.2) is 4.98 Å². The van der Waals surface area contributed by atoms with Gasteiger partial charge in [-0.1, -0.05) is 49.1 Å². The number of nitrogens with zero attached hydrogens (tertiary/aromatic N) is 1. The van der Waals surface area contributed by atoms with Gasteiger partial charge in [0.1, 0.15) is 5.01 Å². The molecule has 1 fully saturated rings. The molecule has 2 aromatic rings. The van der Waals surface area contributed by atoms with Crippen LogP contribution in [0.2, 0.25) is 19.6 Å². The van der Waals surface area contributed by atoms with Crippen molar-refractivity contribution in [2.24, 2.45) is 0 Å². The molecular weight excluding hydrogens is 324 g/mol. The highest BCUT2D eigenvalue weighted by atomic mass is 32.1. The molecular formula is C17H24N2O2SSi. The Labute approximate surface area is 142 Å². The molecule has 1 aromatic carbocycles. The van der Waals surface area contributed by atoms with Gasteiger partial charge >= 0.3 is 0 Å². The van der Waals surface area contributed by atoms with Crippen molar-refractivity contribution in [1.82, 2.24) is 10.3 Å². The summed E-state index contributed by atoms with van der Waals surface area (Å²) < 4.78 is 10.9. The summed E-state index contributed by atoms with van der Waals surface area (Å²) in [6.07, 6.45) is 1.65.